The average Bonchev–Trinajstić information content (AvgIpc) is 1.55. The van der Waals surface area contributed by atoms with Gasteiger partial charge in [0.2, 0.25) is 22.6 Å². The van der Waals surface area contributed by atoms with E-state index in [9.17, 15) is 0 Å². The second kappa shape index (κ2) is 19.9. The highest BCUT2D eigenvalue weighted by Crippen LogP contribution is 2.60. The van der Waals surface area contributed by atoms with Crippen LogP contribution in [0.15, 0.2) is 243 Å². The first-order valence-corrected chi connectivity index (χ1v) is 33.5. The van der Waals surface area contributed by atoms with E-state index in [1.54, 1.807) is 0 Å². The summed E-state index contributed by atoms with van der Waals surface area (Å²) in [6.45, 7) is 15.9. The zero-order valence-electron chi connectivity index (χ0n) is 53.8. The van der Waals surface area contributed by atoms with Crippen molar-refractivity contribution in [2.75, 3.05) is 0 Å². The number of hydrogen-bond acceptors (Lipinski definition) is 3. The standard InChI is InChI=1S/2C31H22NO.C27H20NO.2CH4/c1-31(2)28-24-13-20-9-5-3-7-18(20)11-22(24)15-26-27(28)30-29(31)25-14-21-10-6-4-8-19(21)12-23(25)16-32(30)17-33-26;1-31(2)25-16-24-22-10-6-5-7-18(22)11-12-26(24)32-17-33-27-15-21-13-19-8-3-4-9-20(19)14-23(21)29(31)28(27)30(25)32;1-27(2)24-21-12-17-8-4-3-7-16(17)11-19(21)13-22-23(24)26-25(27)20-10-6-5-9-18(20)14-28(26)15-29-22;;/h2*3-16H,17H2,1-2H3;3-14H,15H2,1-2H3;2*1H4/q3*+1;;. The Balaban J connectivity index is 0.000000101. The lowest BCUT2D eigenvalue weighted by molar-refractivity contribution is -0.716. The largest absolute Gasteiger partial charge is 0.435 e. The second-order valence-corrected chi connectivity index (χ2v) is 28.9. The van der Waals surface area contributed by atoms with Crippen molar-refractivity contribution >= 4 is 119 Å². The average molecular weight is 1260 g/mol. The Morgan fingerprint density at radius 3 is 1.09 bits per heavy atom. The molecule has 0 atom stereocenters. The molecule has 6 nitrogen and oxygen atoms in total. The number of aromatic nitrogens is 3. The zero-order valence-corrected chi connectivity index (χ0v) is 53.8. The minimum absolute atomic E-state index is 0. The summed E-state index contributed by atoms with van der Waals surface area (Å²) in [5.74, 6) is 3.05. The number of ether oxygens (including phenoxy) is 3. The minimum Gasteiger partial charge on any atom is -0.435 e. The molecule has 6 heteroatoms. The molecule has 0 radical (unpaired) electrons. The molecule has 0 N–H and O–H groups in total. The highest BCUT2D eigenvalue weighted by Gasteiger charge is 2.51. The van der Waals surface area contributed by atoms with Crippen LogP contribution >= 0.6 is 0 Å². The SMILES string of the molecule is C.C.CC1(C)c2c3c(cc4cc5ccccc5cc24)OC[n+]2cc4cc5ccccc5cc4c1c2-3.CC1(C)c2c3c(cc4cc5ccccc5cc24)OC[n+]2cc4ccccc4c1c2-3.CC1(C)c2cc3c4ccccc4ccc3[n+]3c2-c2c(cc4cc5ccccc5cc4c21)OC3. The molecule has 23 rings (SSSR count). The van der Waals surface area contributed by atoms with Crippen LogP contribution in [-0.2, 0) is 36.4 Å². The van der Waals surface area contributed by atoms with Gasteiger partial charge in [0.05, 0.1) is 22.1 Å². The lowest BCUT2D eigenvalue weighted by atomic mass is 9.78. The smallest absolute Gasteiger partial charge is 0.293 e. The fourth-order valence-corrected chi connectivity index (χ4v) is 18.4. The molecule has 0 amide bonds. The predicted octanol–water partition coefficient (Wildman–Crippen LogP) is 21.8. The zero-order chi connectivity index (χ0) is 63.1. The van der Waals surface area contributed by atoms with Gasteiger partial charge < -0.3 is 14.2 Å². The van der Waals surface area contributed by atoms with E-state index in [0.717, 1.165) is 17.2 Å². The van der Waals surface area contributed by atoms with Crippen molar-refractivity contribution in [1.82, 2.24) is 0 Å². The molecule has 14 aromatic carbocycles. The Hall–Kier alpha value is -11.2. The van der Waals surface area contributed by atoms with E-state index in [-0.39, 0.29) is 31.1 Å². The van der Waals surface area contributed by atoms with Gasteiger partial charge in [-0.2, -0.15) is 13.7 Å². The van der Waals surface area contributed by atoms with Gasteiger partial charge >= 0.3 is 0 Å². The summed E-state index contributed by atoms with van der Waals surface area (Å²) in [4.78, 5) is 0. The lowest BCUT2D eigenvalue weighted by Crippen LogP contribution is -2.42. The first-order chi connectivity index (χ1) is 46.3. The van der Waals surface area contributed by atoms with Crippen LogP contribution < -0.4 is 27.9 Å². The molecule has 3 aliphatic carbocycles. The third-order valence-electron chi connectivity index (χ3n) is 22.6. The van der Waals surface area contributed by atoms with E-state index in [0.29, 0.717) is 20.2 Å². The second-order valence-electron chi connectivity index (χ2n) is 28.9. The van der Waals surface area contributed by atoms with Crippen LogP contribution in [0.1, 0.15) is 89.8 Å². The molecule has 0 bridgehead atoms. The van der Waals surface area contributed by atoms with Gasteiger partial charge in [0.15, 0.2) is 12.4 Å². The molecule has 0 fully saturated rings. The van der Waals surface area contributed by atoms with Crippen molar-refractivity contribution in [3.63, 3.8) is 0 Å². The maximum atomic E-state index is 6.46. The Morgan fingerprint density at radius 1 is 0.268 bits per heavy atom. The first kappa shape index (κ1) is 57.3. The van der Waals surface area contributed by atoms with Crippen LogP contribution in [0.3, 0.4) is 0 Å². The maximum absolute atomic E-state index is 6.46. The van der Waals surface area contributed by atoms with Gasteiger partial charge in [-0.25, -0.2) is 0 Å². The number of rotatable bonds is 0. The summed E-state index contributed by atoms with van der Waals surface area (Å²) in [5, 5.41) is 27.1. The molecular formula is C91H72N3O3+3. The third kappa shape index (κ3) is 7.70. The normalized spacial score (nSPS) is 15.1. The van der Waals surface area contributed by atoms with Crippen molar-refractivity contribution in [3.05, 3.63) is 276 Å². The van der Waals surface area contributed by atoms with Crippen LogP contribution in [-0.4, -0.2) is 0 Å². The van der Waals surface area contributed by atoms with Gasteiger partial charge in [-0.1, -0.05) is 196 Å². The number of fused-ring (bicyclic) bond motifs is 18. The highest BCUT2D eigenvalue weighted by atomic mass is 16.5. The van der Waals surface area contributed by atoms with E-state index < -0.39 is 0 Å². The first-order valence-electron chi connectivity index (χ1n) is 33.5. The van der Waals surface area contributed by atoms with Gasteiger partial charge in [0, 0.05) is 49.8 Å². The van der Waals surface area contributed by atoms with Gasteiger partial charge in [0.1, 0.15) is 17.2 Å². The van der Waals surface area contributed by atoms with Crippen molar-refractivity contribution < 1.29 is 27.9 Å². The van der Waals surface area contributed by atoms with Crippen LogP contribution in [0.5, 0.6) is 17.2 Å². The van der Waals surface area contributed by atoms with Gasteiger partial charge in [-0.3, -0.25) is 0 Å². The molecule has 17 aromatic rings. The predicted molar refractivity (Wildman–Crippen MR) is 401 cm³/mol. The molecule has 466 valence electrons. The van der Waals surface area contributed by atoms with Crippen LogP contribution in [0.25, 0.3) is 152 Å². The van der Waals surface area contributed by atoms with Gasteiger partial charge in [0.25, 0.3) is 20.2 Å². The summed E-state index contributed by atoms with van der Waals surface area (Å²) < 4.78 is 26.1. The van der Waals surface area contributed by atoms with E-state index in [2.05, 4.69) is 298 Å². The van der Waals surface area contributed by atoms with E-state index in [1.165, 1.54) is 186 Å². The lowest BCUT2D eigenvalue weighted by Gasteiger charge is -2.23. The monoisotopic (exact) mass is 1250 g/mol. The number of pyridine rings is 3. The highest BCUT2D eigenvalue weighted by molar-refractivity contribution is 6.13. The van der Waals surface area contributed by atoms with Crippen LogP contribution in [0, 0.1) is 0 Å². The summed E-state index contributed by atoms with van der Waals surface area (Å²) in [7, 11) is 0. The van der Waals surface area contributed by atoms with E-state index >= 15 is 0 Å². The van der Waals surface area contributed by atoms with Crippen molar-refractivity contribution in [3.8, 4) is 51.0 Å². The molecule has 0 spiro atoms. The van der Waals surface area contributed by atoms with Crippen molar-refractivity contribution in [2.45, 2.75) is 92.8 Å². The Morgan fingerprint density at radius 2 is 0.619 bits per heavy atom. The van der Waals surface area contributed by atoms with Gasteiger partial charge in [-0.15, -0.1) is 0 Å². The molecule has 3 aromatic heterocycles. The van der Waals surface area contributed by atoms with E-state index in [4.69, 9.17) is 14.2 Å². The van der Waals surface area contributed by atoms with Crippen LogP contribution in [0.2, 0.25) is 0 Å². The number of hydrogen-bond donors (Lipinski definition) is 0. The Labute approximate surface area is 563 Å². The molecular weight excluding hydrogens is 1180 g/mol. The van der Waals surface area contributed by atoms with E-state index in [1.807, 2.05) is 0 Å². The molecule has 0 saturated heterocycles. The van der Waals surface area contributed by atoms with Gasteiger partial charge in [-0.05, 0) is 199 Å². The molecule has 97 heavy (non-hydrogen) atoms. The van der Waals surface area contributed by atoms with Crippen LogP contribution in [0.4, 0.5) is 0 Å². The number of benzene rings is 14. The molecule has 3 aliphatic heterocycles. The third-order valence-corrected chi connectivity index (χ3v) is 22.6. The Kier molecular flexibility index (Phi) is 11.8. The van der Waals surface area contributed by atoms with Crippen molar-refractivity contribution in [1.29, 1.82) is 0 Å². The molecule has 6 aliphatic rings. The maximum Gasteiger partial charge on any atom is 0.293 e. The van der Waals surface area contributed by atoms with Crippen molar-refractivity contribution in [2.24, 2.45) is 0 Å². The summed E-state index contributed by atoms with van der Waals surface area (Å²) in [5.41, 5.74) is 17.1. The number of nitrogens with zero attached hydrogens (tertiary/aromatic N) is 3. The molecule has 0 saturated carbocycles. The molecule has 0 unspecified atom stereocenters. The Bertz CT molecular complexity index is 6300. The molecule has 6 heterocycles. The summed E-state index contributed by atoms with van der Waals surface area (Å²) >= 11 is 0. The fraction of sp³-hybridized carbons (Fsp3) is 0.154. The quantitative estimate of drug-likeness (QED) is 0.0863. The summed E-state index contributed by atoms with van der Waals surface area (Å²) in [6, 6.07) is 84.5. The fourth-order valence-electron chi connectivity index (χ4n) is 18.4. The minimum atomic E-state index is -0.140. The summed E-state index contributed by atoms with van der Waals surface area (Å²) in [6.07, 6.45) is 4.52. The topological polar surface area (TPSA) is 39.3 Å².